The highest BCUT2D eigenvalue weighted by Gasteiger charge is 2.23. The molecule has 176 valence electrons. The molecule has 0 unspecified atom stereocenters. The Bertz CT molecular complexity index is 1070. The van der Waals surface area contributed by atoms with Crippen LogP contribution in [-0.2, 0) is 14.8 Å². The van der Waals surface area contributed by atoms with Gasteiger partial charge in [-0.15, -0.1) is 0 Å². The van der Waals surface area contributed by atoms with E-state index in [-0.39, 0.29) is 23.1 Å². The van der Waals surface area contributed by atoms with E-state index >= 15 is 0 Å². The zero-order valence-electron chi connectivity index (χ0n) is 19.4. The topological polar surface area (TPSA) is 84.9 Å². The zero-order chi connectivity index (χ0) is 24.1. The van der Waals surface area contributed by atoms with Gasteiger partial charge in [-0.05, 0) is 54.3 Å². The van der Waals surface area contributed by atoms with Gasteiger partial charge in [-0.1, -0.05) is 43.6 Å². The van der Waals surface area contributed by atoms with Crippen molar-refractivity contribution in [1.82, 2.24) is 4.31 Å². The molecule has 0 aliphatic heterocycles. The second-order valence-electron chi connectivity index (χ2n) is 7.58. The molecular weight excluding hydrogens is 496 g/mol. The molecule has 0 bridgehead atoms. The largest absolute Gasteiger partial charge is 0.495 e. The number of anilines is 1. The van der Waals surface area contributed by atoms with Crippen molar-refractivity contribution in [2.45, 2.75) is 45.4 Å². The lowest BCUT2D eigenvalue weighted by atomic mass is 10.0. The van der Waals surface area contributed by atoms with Crippen LogP contribution >= 0.6 is 15.9 Å². The Morgan fingerprint density at radius 2 is 1.78 bits per heavy atom. The van der Waals surface area contributed by atoms with Crippen LogP contribution in [0.2, 0.25) is 0 Å². The van der Waals surface area contributed by atoms with E-state index < -0.39 is 15.9 Å². The third kappa shape index (κ3) is 6.02. The number of nitrogens with one attached hydrogen (secondary N) is 1. The van der Waals surface area contributed by atoms with Gasteiger partial charge in [0.05, 0.1) is 17.7 Å². The van der Waals surface area contributed by atoms with Crippen LogP contribution in [0.25, 0.3) is 0 Å². The van der Waals surface area contributed by atoms with E-state index in [1.807, 2.05) is 19.1 Å². The maximum atomic E-state index is 12.8. The summed E-state index contributed by atoms with van der Waals surface area (Å²) in [7, 11) is -2.22. The monoisotopic (exact) mass is 526 g/mol. The highest BCUT2D eigenvalue weighted by molar-refractivity contribution is 9.10. The van der Waals surface area contributed by atoms with Gasteiger partial charge in [0.2, 0.25) is 10.0 Å². The van der Waals surface area contributed by atoms with E-state index in [1.54, 1.807) is 13.8 Å². The van der Waals surface area contributed by atoms with Crippen LogP contribution in [-0.4, -0.2) is 45.4 Å². The van der Waals surface area contributed by atoms with Crippen molar-refractivity contribution in [1.29, 1.82) is 0 Å². The highest BCUT2D eigenvalue weighted by Crippen LogP contribution is 2.33. The summed E-state index contributed by atoms with van der Waals surface area (Å²) >= 11 is 3.53. The summed E-state index contributed by atoms with van der Waals surface area (Å²) in [6, 6.07) is 8.30. The van der Waals surface area contributed by atoms with Crippen molar-refractivity contribution >= 4 is 37.5 Å². The molecule has 0 aliphatic carbocycles. The number of ether oxygens (including phenoxy) is 2. The SMILES string of the molecule is CCN(CC)S(=O)(=O)c1ccc(OC)c(NC(=O)COc2cc(C)c(Br)cc2C(C)C)c1. The summed E-state index contributed by atoms with van der Waals surface area (Å²) < 4.78 is 39.1. The number of hydrogen-bond donors (Lipinski definition) is 1. The molecule has 1 amide bonds. The molecular formula is C23H31BrN2O5S. The minimum Gasteiger partial charge on any atom is -0.495 e. The maximum Gasteiger partial charge on any atom is 0.262 e. The molecule has 0 aliphatic rings. The number of amides is 1. The Kier molecular flexibility index (Phi) is 9.12. The minimum atomic E-state index is -3.67. The molecule has 2 rings (SSSR count). The third-order valence-electron chi connectivity index (χ3n) is 5.06. The van der Waals surface area contributed by atoms with Crippen LogP contribution in [0.15, 0.2) is 39.7 Å². The lowest BCUT2D eigenvalue weighted by Crippen LogP contribution is -2.30. The first-order valence-corrected chi connectivity index (χ1v) is 12.7. The van der Waals surface area contributed by atoms with Gasteiger partial charge in [-0.25, -0.2) is 8.42 Å². The summed E-state index contributed by atoms with van der Waals surface area (Å²) in [6.07, 6.45) is 0. The minimum absolute atomic E-state index is 0.0869. The lowest BCUT2D eigenvalue weighted by molar-refractivity contribution is -0.118. The molecule has 32 heavy (non-hydrogen) atoms. The first-order chi connectivity index (χ1) is 15.0. The molecule has 0 atom stereocenters. The standard InChI is InChI=1S/C23H31BrN2O5S/c1-7-26(8-2)32(28,29)17-9-10-21(30-6)20(12-17)25-23(27)14-31-22-11-16(5)19(24)13-18(22)15(3)4/h9-13,15H,7-8,14H2,1-6H3,(H,25,27). The fourth-order valence-electron chi connectivity index (χ4n) is 3.23. The Morgan fingerprint density at radius 1 is 1.12 bits per heavy atom. The van der Waals surface area contributed by atoms with Gasteiger partial charge in [0.25, 0.3) is 5.91 Å². The molecule has 0 spiro atoms. The second kappa shape index (κ2) is 11.2. The number of benzene rings is 2. The average Bonchev–Trinajstić information content (AvgIpc) is 2.74. The van der Waals surface area contributed by atoms with E-state index in [0.29, 0.717) is 24.6 Å². The summed E-state index contributed by atoms with van der Waals surface area (Å²) in [4.78, 5) is 12.7. The van der Waals surface area contributed by atoms with Crippen molar-refractivity contribution in [3.63, 3.8) is 0 Å². The van der Waals surface area contributed by atoms with Crippen LogP contribution < -0.4 is 14.8 Å². The number of halogens is 1. The molecule has 2 aromatic carbocycles. The number of aryl methyl sites for hydroxylation is 1. The number of rotatable bonds is 10. The van der Waals surface area contributed by atoms with E-state index in [9.17, 15) is 13.2 Å². The van der Waals surface area contributed by atoms with Gasteiger partial charge < -0.3 is 14.8 Å². The Balaban J connectivity index is 2.24. The molecule has 0 aromatic heterocycles. The average molecular weight is 527 g/mol. The summed E-state index contributed by atoms with van der Waals surface area (Å²) in [5.74, 6) is 0.794. The van der Waals surface area contributed by atoms with Gasteiger partial charge in [0.15, 0.2) is 6.61 Å². The number of carbonyl (C=O) groups excluding carboxylic acids is 1. The van der Waals surface area contributed by atoms with Crippen LogP contribution in [0.1, 0.15) is 44.7 Å². The fourth-order valence-corrected chi connectivity index (χ4v) is 5.08. The zero-order valence-corrected chi connectivity index (χ0v) is 21.8. The van der Waals surface area contributed by atoms with Gasteiger partial charge in [-0.3, -0.25) is 4.79 Å². The van der Waals surface area contributed by atoms with Crippen LogP contribution in [0, 0.1) is 6.92 Å². The summed E-state index contributed by atoms with van der Waals surface area (Å²) in [6.45, 7) is 10.1. The predicted molar refractivity (Wildman–Crippen MR) is 130 cm³/mol. The Hall–Kier alpha value is -2.10. The first kappa shape index (κ1) is 26.2. The highest BCUT2D eigenvalue weighted by atomic mass is 79.9. The van der Waals surface area contributed by atoms with Crippen molar-refractivity contribution < 1.29 is 22.7 Å². The van der Waals surface area contributed by atoms with Gasteiger partial charge in [0, 0.05) is 17.6 Å². The molecule has 0 fully saturated rings. The van der Waals surface area contributed by atoms with Gasteiger partial charge in [0.1, 0.15) is 11.5 Å². The van der Waals surface area contributed by atoms with Crippen molar-refractivity contribution in [3.05, 3.63) is 45.9 Å². The van der Waals surface area contributed by atoms with Gasteiger partial charge >= 0.3 is 0 Å². The van der Waals surface area contributed by atoms with Crippen molar-refractivity contribution in [2.24, 2.45) is 0 Å². The molecule has 1 N–H and O–H groups in total. The van der Waals surface area contributed by atoms with Crippen LogP contribution in [0.5, 0.6) is 11.5 Å². The number of hydrogen-bond acceptors (Lipinski definition) is 5. The number of carbonyl (C=O) groups is 1. The van der Waals surface area contributed by atoms with E-state index in [4.69, 9.17) is 9.47 Å². The summed E-state index contributed by atoms with van der Waals surface area (Å²) in [5.41, 5.74) is 2.26. The molecule has 2 aromatic rings. The molecule has 9 heteroatoms. The Morgan fingerprint density at radius 3 is 2.34 bits per heavy atom. The maximum absolute atomic E-state index is 12.8. The lowest BCUT2D eigenvalue weighted by Gasteiger charge is -2.20. The van der Waals surface area contributed by atoms with Crippen LogP contribution in [0.4, 0.5) is 5.69 Å². The molecule has 0 heterocycles. The fraction of sp³-hybridized carbons (Fsp3) is 0.435. The van der Waals surface area contributed by atoms with E-state index in [0.717, 1.165) is 15.6 Å². The number of methoxy groups -OCH3 is 1. The second-order valence-corrected chi connectivity index (χ2v) is 10.4. The summed E-state index contributed by atoms with van der Waals surface area (Å²) in [5, 5.41) is 2.71. The van der Waals surface area contributed by atoms with E-state index in [2.05, 4.69) is 35.1 Å². The number of sulfonamides is 1. The molecule has 7 nitrogen and oxygen atoms in total. The van der Waals surface area contributed by atoms with Crippen LogP contribution in [0.3, 0.4) is 0 Å². The number of nitrogens with zero attached hydrogens (tertiary/aromatic N) is 1. The van der Waals surface area contributed by atoms with Crippen molar-refractivity contribution in [2.75, 3.05) is 32.1 Å². The normalized spacial score (nSPS) is 11.7. The van der Waals surface area contributed by atoms with Gasteiger partial charge in [-0.2, -0.15) is 4.31 Å². The molecule has 0 saturated carbocycles. The van der Waals surface area contributed by atoms with Crippen molar-refractivity contribution in [3.8, 4) is 11.5 Å². The smallest absolute Gasteiger partial charge is 0.262 e. The third-order valence-corrected chi connectivity index (χ3v) is 7.96. The quantitative estimate of drug-likeness (QED) is 0.473. The Labute approximate surface area is 199 Å². The molecule has 0 saturated heterocycles. The first-order valence-electron chi connectivity index (χ1n) is 10.5. The predicted octanol–water partition coefficient (Wildman–Crippen LogP) is 4.94. The molecule has 0 radical (unpaired) electrons. The van der Waals surface area contributed by atoms with E-state index in [1.165, 1.54) is 29.6 Å².